The van der Waals surface area contributed by atoms with Crippen molar-refractivity contribution in [1.82, 2.24) is 10.2 Å². The van der Waals surface area contributed by atoms with Crippen LogP contribution in [0.3, 0.4) is 0 Å². The molecule has 2 amide bonds. The molecule has 1 saturated heterocycles. The Morgan fingerprint density at radius 3 is 2.42 bits per heavy atom. The van der Waals surface area contributed by atoms with E-state index in [1.165, 1.54) is 13.2 Å². The van der Waals surface area contributed by atoms with Gasteiger partial charge in [-0.05, 0) is 42.5 Å². The molecule has 1 aliphatic heterocycles. The van der Waals surface area contributed by atoms with E-state index in [1.807, 2.05) is 24.8 Å². The summed E-state index contributed by atoms with van der Waals surface area (Å²) < 4.78 is 5.24. The topological polar surface area (TPSA) is 73.9 Å². The Morgan fingerprint density at radius 2 is 1.79 bits per heavy atom. The minimum atomic E-state index is -0.448. The Bertz CT molecular complexity index is 1060. The number of nitrogens with one attached hydrogen (secondary N) is 2. The Balaban J connectivity index is 1.72. The zero-order chi connectivity index (χ0) is 24.1. The molecule has 1 heterocycles. The van der Waals surface area contributed by atoms with Crippen molar-refractivity contribution >= 4 is 63.7 Å². The molecule has 0 aromatic heterocycles. The predicted molar refractivity (Wildman–Crippen MR) is 137 cm³/mol. The van der Waals surface area contributed by atoms with Gasteiger partial charge in [0.2, 0.25) is 5.91 Å². The first-order valence-corrected chi connectivity index (χ1v) is 11.7. The molecule has 0 bridgehead atoms. The number of halogens is 2. The average molecular weight is 509 g/mol. The zero-order valence-electron chi connectivity index (χ0n) is 18.7. The average Bonchev–Trinajstić information content (AvgIpc) is 2.78. The van der Waals surface area contributed by atoms with E-state index in [0.717, 1.165) is 5.69 Å². The maximum atomic E-state index is 12.7. The summed E-state index contributed by atoms with van der Waals surface area (Å²) in [7, 11) is 1.48. The lowest BCUT2D eigenvalue weighted by Gasteiger charge is -2.38. The van der Waals surface area contributed by atoms with Crippen LogP contribution in [-0.4, -0.2) is 55.1 Å². The number of carbonyl (C=O) groups is 2. The molecular formula is C23H26Cl2N4O3S. The maximum Gasteiger partial charge on any atom is 0.261 e. The Labute approximate surface area is 209 Å². The van der Waals surface area contributed by atoms with Crippen molar-refractivity contribution in [2.45, 2.75) is 13.8 Å². The highest BCUT2D eigenvalue weighted by Gasteiger charge is 2.25. The monoisotopic (exact) mass is 508 g/mol. The summed E-state index contributed by atoms with van der Waals surface area (Å²) >= 11 is 17.9. The number of nitrogens with zero attached hydrogens (tertiary/aromatic N) is 2. The Hall–Kier alpha value is -2.55. The fraction of sp³-hybridized carbons (Fsp3) is 0.348. The summed E-state index contributed by atoms with van der Waals surface area (Å²) in [6.45, 7) is 6.29. The SMILES string of the molecule is COc1ccc(Cl)cc1C(=O)NC(=S)Nc1cccc(Cl)c1N1CCN(C(=O)C(C)C)CC1. The van der Waals surface area contributed by atoms with Gasteiger partial charge in [-0.2, -0.15) is 0 Å². The van der Waals surface area contributed by atoms with Crippen LogP contribution in [0.4, 0.5) is 11.4 Å². The zero-order valence-corrected chi connectivity index (χ0v) is 21.0. The van der Waals surface area contributed by atoms with Crippen LogP contribution >= 0.6 is 35.4 Å². The fourth-order valence-corrected chi connectivity index (χ4v) is 4.30. The van der Waals surface area contributed by atoms with Crippen molar-refractivity contribution < 1.29 is 14.3 Å². The molecule has 0 aliphatic carbocycles. The minimum Gasteiger partial charge on any atom is -0.496 e. The van der Waals surface area contributed by atoms with Crippen LogP contribution in [0, 0.1) is 5.92 Å². The third kappa shape index (κ3) is 6.07. The number of piperazine rings is 1. The maximum absolute atomic E-state index is 12.7. The van der Waals surface area contributed by atoms with Gasteiger partial charge >= 0.3 is 0 Å². The van der Waals surface area contributed by atoms with Crippen LogP contribution < -0.4 is 20.3 Å². The summed E-state index contributed by atoms with van der Waals surface area (Å²) in [5.41, 5.74) is 1.70. The number of hydrogen-bond acceptors (Lipinski definition) is 5. The second kappa shape index (κ2) is 11.0. The molecule has 10 heteroatoms. The highest BCUT2D eigenvalue weighted by Crippen LogP contribution is 2.34. The van der Waals surface area contributed by atoms with Crippen LogP contribution in [0.5, 0.6) is 5.75 Å². The van der Waals surface area contributed by atoms with Crippen LogP contribution in [0.25, 0.3) is 0 Å². The van der Waals surface area contributed by atoms with E-state index in [2.05, 4.69) is 15.5 Å². The van der Waals surface area contributed by atoms with Gasteiger partial charge < -0.3 is 19.9 Å². The first kappa shape index (κ1) is 25.1. The van der Waals surface area contributed by atoms with Crippen molar-refractivity contribution in [1.29, 1.82) is 0 Å². The molecule has 1 fully saturated rings. The van der Waals surface area contributed by atoms with Gasteiger partial charge in [-0.15, -0.1) is 0 Å². The van der Waals surface area contributed by atoms with E-state index in [0.29, 0.717) is 47.7 Å². The molecule has 0 spiro atoms. The van der Waals surface area contributed by atoms with Crippen molar-refractivity contribution in [3.63, 3.8) is 0 Å². The molecule has 2 aromatic carbocycles. The second-order valence-electron chi connectivity index (χ2n) is 7.86. The lowest BCUT2D eigenvalue weighted by atomic mass is 10.1. The Morgan fingerprint density at radius 1 is 1.09 bits per heavy atom. The predicted octanol–water partition coefficient (Wildman–Crippen LogP) is 4.43. The van der Waals surface area contributed by atoms with Crippen LogP contribution in [-0.2, 0) is 4.79 Å². The normalized spacial score (nSPS) is 13.6. The van der Waals surface area contributed by atoms with Crippen LogP contribution in [0.1, 0.15) is 24.2 Å². The molecule has 0 radical (unpaired) electrons. The van der Waals surface area contributed by atoms with E-state index in [1.54, 1.807) is 24.3 Å². The van der Waals surface area contributed by atoms with Gasteiger partial charge in [-0.3, -0.25) is 14.9 Å². The third-order valence-electron chi connectivity index (χ3n) is 5.27. The van der Waals surface area contributed by atoms with Gasteiger partial charge in [0.05, 0.1) is 29.1 Å². The van der Waals surface area contributed by atoms with Crippen LogP contribution in [0.2, 0.25) is 10.0 Å². The standard InChI is InChI=1S/C23H26Cl2N4O3S/c1-14(2)22(31)29-11-9-28(10-12-29)20-17(25)5-4-6-18(20)26-23(33)27-21(30)16-13-15(24)7-8-19(16)32-3/h4-8,13-14H,9-12H2,1-3H3,(H2,26,27,30,33). The lowest BCUT2D eigenvalue weighted by molar-refractivity contribution is -0.134. The second-order valence-corrected chi connectivity index (χ2v) is 9.11. The number of methoxy groups -OCH3 is 1. The molecule has 7 nitrogen and oxygen atoms in total. The molecule has 2 N–H and O–H groups in total. The molecule has 176 valence electrons. The highest BCUT2D eigenvalue weighted by molar-refractivity contribution is 7.80. The summed E-state index contributed by atoms with van der Waals surface area (Å²) in [4.78, 5) is 29.0. The number of thiocarbonyl (C=S) groups is 1. The first-order valence-electron chi connectivity index (χ1n) is 10.5. The number of carbonyl (C=O) groups excluding carboxylic acids is 2. The molecule has 0 unspecified atom stereocenters. The highest BCUT2D eigenvalue weighted by atomic mass is 35.5. The minimum absolute atomic E-state index is 0.0341. The number of benzene rings is 2. The van der Waals surface area contributed by atoms with Gasteiger partial charge in [0.25, 0.3) is 5.91 Å². The van der Waals surface area contributed by atoms with Gasteiger partial charge in [0, 0.05) is 37.1 Å². The number of amides is 2. The number of anilines is 2. The number of para-hydroxylation sites is 1. The van der Waals surface area contributed by atoms with Gasteiger partial charge in [0.15, 0.2) is 5.11 Å². The van der Waals surface area contributed by atoms with Crippen molar-refractivity contribution in [2.24, 2.45) is 5.92 Å². The van der Waals surface area contributed by atoms with Gasteiger partial charge in [-0.25, -0.2) is 0 Å². The Kier molecular flexibility index (Phi) is 8.40. The van der Waals surface area contributed by atoms with Gasteiger partial charge in [-0.1, -0.05) is 43.1 Å². The molecule has 33 heavy (non-hydrogen) atoms. The molecule has 0 atom stereocenters. The van der Waals surface area contributed by atoms with E-state index < -0.39 is 5.91 Å². The number of ether oxygens (including phenoxy) is 1. The van der Waals surface area contributed by atoms with E-state index in [-0.39, 0.29) is 22.5 Å². The van der Waals surface area contributed by atoms with Crippen molar-refractivity contribution in [3.05, 3.63) is 52.0 Å². The summed E-state index contributed by atoms with van der Waals surface area (Å²) in [6.07, 6.45) is 0. The smallest absolute Gasteiger partial charge is 0.261 e. The van der Waals surface area contributed by atoms with Crippen LogP contribution in [0.15, 0.2) is 36.4 Å². The van der Waals surface area contributed by atoms with E-state index in [4.69, 9.17) is 40.2 Å². The molecular weight excluding hydrogens is 483 g/mol. The molecule has 3 rings (SSSR count). The lowest BCUT2D eigenvalue weighted by Crippen LogP contribution is -2.50. The summed E-state index contributed by atoms with van der Waals surface area (Å²) in [5.74, 6) is 0.0499. The molecule has 2 aromatic rings. The quantitative estimate of drug-likeness (QED) is 0.581. The summed E-state index contributed by atoms with van der Waals surface area (Å²) in [6, 6.07) is 10.2. The summed E-state index contributed by atoms with van der Waals surface area (Å²) in [5, 5.41) is 6.80. The van der Waals surface area contributed by atoms with E-state index in [9.17, 15) is 9.59 Å². The largest absolute Gasteiger partial charge is 0.496 e. The first-order chi connectivity index (χ1) is 15.7. The number of hydrogen-bond donors (Lipinski definition) is 2. The third-order valence-corrected chi connectivity index (χ3v) is 6.01. The van der Waals surface area contributed by atoms with Crippen molar-refractivity contribution in [2.75, 3.05) is 43.5 Å². The molecule has 0 saturated carbocycles. The van der Waals surface area contributed by atoms with Crippen molar-refractivity contribution in [3.8, 4) is 5.75 Å². The van der Waals surface area contributed by atoms with Gasteiger partial charge in [0.1, 0.15) is 5.75 Å². The van der Waals surface area contributed by atoms with E-state index >= 15 is 0 Å². The molecule has 1 aliphatic rings. The fourth-order valence-electron chi connectivity index (χ4n) is 3.63. The number of rotatable bonds is 5.